The fourth-order valence-electron chi connectivity index (χ4n) is 5.40. The summed E-state index contributed by atoms with van der Waals surface area (Å²) in [5.41, 5.74) is 12.7. The third kappa shape index (κ3) is 2.87. The van der Waals surface area contributed by atoms with Crippen LogP contribution in [0.15, 0.2) is 24.3 Å². The molecular formula is C21H24N6O3. The van der Waals surface area contributed by atoms with Crippen molar-refractivity contribution >= 4 is 23.4 Å². The number of primary amides is 1. The van der Waals surface area contributed by atoms with Crippen LogP contribution in [0.5, 0.6) is 0 Å². The lowest BCUT2D eigenvalue weighted by atomic mass is 10.1. The Bertz CT molecular complexity index is 956. The number of carbonyl (C=O) groups is 3. The van der Waals surface area contributed by atoms with Crippen LogP contribution in [0.2, 0.25) is 0 Å². The molecule has 0 aromatic heterocycles. The second kappa shape index (κ2) is 6.79. The summed E-state index contributed by atoms with van der Waals surface area (Å²) >= 11 is 0. The second-order valence-electron chi connectivity index (χ2n) is 8.77. The maximum Gasteiger partial charge on any atom is 0.248 e. The Morgan fingerprint density at radius 2 is 1.93 bits per heavy atom. The van der Waals surface area contributed by atoms with Crippen molar-refractivity contribution in [2.75, 3.05) is 18.0 Å². The summed E-state index contributed by atoms with van der Waals surface area (Å²) in [6, 6.07) is 7.70. The number of piperazine rings is 1. The van der Waals surface area contributed by atoms with Crippen molar-refractivity contribution in [2.45, 2.75) is 49.5 Å². The van der Waals surface area contributed by atoms with Crippen LogP contribution in [0.3, 0.4) is 0 Å². The summed E-state index contributed by atoms with van der Waals surface area (Å²) < 4.78 is 0. The number of anilines is 1. The van der Waals surface area contributed by atoms with Gasteiger partial charge in [-0.25, -0.2) is 0 Å². The van der Waals surface area contributed by atoms with Crippen molar-refractivity contribution < 1.29 is 14.4 Å². The van der Waals surface area contributed by atoms with Gasteiger partial charge in [-0.2, -0.15) is 5.26 Å². The van der Waals surface area contributed by atoms with Gasteiger partial charge in [-0.1, -0.05) is 0 Å². The summed E-state index contributed by atoms with van der Waals surface area (Å²) in [4.78, 5) is 42.6. The van der Waals surface area contributed by atoms with Crippen LogP contribution in [0, 0.1) is 17.2 Å². The van der Waals surface area contributed by atoms with Crippen molar-refractivity contribution in [3.05, 3.63) is 29.8 Å². The van der Waals surface area contributed by atoms with Crippen molar-refractivity contribution in [1.29, 1.82) is 5.26 Å². The molecule has 1 aromatic carbocycles. The lowest BCUT2D eigenvalue weighted by Gasteiger charge is -2.35. The number of nitriles is 1. The van der Waals surface area contributed by atoms with Crippen LogP contribution in [0.1, 0.15) is 29.6 Å². The lowest BCUT2D eigenvalue weighted by Crippen LogP contribution is -2.57. The van der Waals surface area contributed by atoms with Crippen molar-refractivity contribution in [3.63, 3.8) is 0 Å². The summed E-state index contributed by atoms with van der Waals surface area (Å²) in [5, 5.41) is 9.32. The van der Waals surface area contributed by atoms with Gasteiger partial charge in [0, 0.05) is 30.4 Å². The summed E-state index contributed by atoms with van der Waals surface area (Å²) in [5.74, 6) is -0.254. The van der Waals surface area contributed by atoms with Gasteiger partial charge in [-0.05, 0) is 49.4 Å². The topological polar surface area (TPSA) is 137 Å². The Morgan fingerprint density at radius 3 is 2.57 bits per heavy atom. The van der Waals surface area contributed by atoms with E-state index in [1.165, 1.54) is 0 Å². The molecule has 4 fully saturated rings. The Balaban J connectivity index is 1.24. The summed E-state index contributed by atoms with van der Waals surface area (Å²) in [6.07, 6.45) is 2.40. The highest BCUT2D eigenvalue weighted by Gasteiger charge is 2.55. The van der Waals surface area contributed by atoms with Gasteiger partial charge in [-0.15, -0.1) is 0 Å². The summed E-state index contributed by atoms with van der Waals surface area (Å²) in [6.45, 7) is 0.953. The van der Waals surface area contributed by atoms with E-state index in [2.05, 4.69) is 6.07 Å². The number of nitrogens with zero attached hydrogens (tertiary/aromatic N) is 4. The van der Waals surface area contributed by atoms with Crippen molar-refractivity contribution in [1.82, 2.24) is 9.80 Å². The predicted octanol–water partition coefficient (Wildman–Crippen LogP) is -0.585. The molecule has 5 rings (SSSR count). The minimum absolute atomic E-state index is 0.00989. The third-order valence-electron chi connectivity index (χ3n) is 6.96. The van der Waals surface area contributed by atoms with E-state index in [-0.39, 0.29) is 36.0 Å². The fourth-order valence-corrected chi connectivity index (χ4v) is 5.40. The Kier molecular flexibility index (Phi) is 4.31. The largest absolute Gasteiger partial charge is 0.366 e. The number of rotatable bonds is 5. The highest BCUT2D eigenvalue weighted by atomic mass is 16.2. The summed E-state index contributed by atoms with van der Waals surface area (Å²) in [7, 11) is 0. The number of fused-ring (bicyclic) bond motifs is 3. The maximum absolute atomic E-state index is 13.0. The third-order valence-corrected chi connectivity index (χ3v) is 6.96. The van der Waals surface area contributed by atoms with Gasteiger partial charge in [0.15, 0.2) is 0 Å². The molecule has 1 aromatic rings. The van der Waals surface area contributed by atoms with Gasteiger partial charge >= 0.3 is 0 Å². The van der Waals surface area contributed by atoms with Gasteiger partial charge in [-0.3, -0.25) is 19.3 Å². The Labute approximate surface area is 174 Å². The van der Waals surface area contributed by atoms with E-state index in [1.807, 2.05) is 4.90 Å². The molecular weight excluding hydrogens is 384 g/mol. The average Bonchev–Trinajstić information content (AvgIpc) is 3.07. The second-order valence-corrected chi connectivity index (χ2v) is 8.77. The molecule has 4 N–H and O–H groups in total. The monoisotopic (exact) mass is 408 g/mol. The first-order chi connectivity index (χ1) is 14.4. The van der Waals surface area contributed by atoms with Gasteiger partial charge in [0.2, 0.25) is 17.7 Å². The molecule has 6 atom stereocenters. The average molecular weight is 408 g/mol. The number of nitrogens with two attached hydrogens (primary N) is 2. The van der Waals surface area contributed by atoms with E-state index < -0.39 is 11.9 Å². The van der Waals surface area contributed by atoms with E-state index in [9.17, 15) is 19.6 Å². The molecule has 2 bridgehead atoms. The smallest absolute Gasteiger partial charge is 0.248 e. The van der Waals surface area contributed by atoms with Gasteiger partial charge < -0.3 is 21.3 Å². The van der Waals surface area contributed by atoms with Crippen LogP contribution in [-0.2, 0) is 9.59 Å². The molecule has 9 nitrogen and oxygen atoms in total. The number of benzene rings is 1. The maximum atomic E-state index is 13.0. The predicted molar refractivity (Wildman–Crippen MR) is 107 cm³/mol. The first kappa shape index (κ1) is 19.0. The van der Waals surface area contributed by atoms with E-state index in [0.717, 1.165) is 18.5 Å². The van der Waals surface area contributed by atoms with E-state index >= 15 is 0 Å². The molecule has 3 amide bonds. The standard InChI is InChI=1S/C21H24N6O3/c22-8-14-5-12-6-17(12)27(14)20(29)16(23)10-25-9-15-7-18(25)21(30)26(15)13-3-1-11(2-4-13)19(24)28/h1-4,12,14-18H,5-7,9-10,23H2,(H2,24,28)/t12-,14+,15?,16+,17+,18+/m1/s1. The highest BCUT2D eigenvalue weighted by molar-refractivity contribution is 6.02. The first-order valence-corrected chi connectivity index (χ1v) is 10.3. The zero-order chi connectivity index (χ0) is 21.2. The zero-order valence-corrected chi connectivity index (χ0v) is 16.5. The molecule has 0 radical (unpaired) electrons. The van der Waals surface area contributed by atoms with Gasteiger partial charge in [0.05, 0.1) is 24.2 Å². The normalized spacial score (nSPS) is 32.8. The van der Waals surface area contributed by atoms with Gasteiger partial charge in [0.1, 0.15) is 6.04 Å². The number of carbonyl (C=O) groups excluding carboxylic acids is 3. The molecule has 1 aliphatic carbocycles. The number of piperidine rings is 1. The molecule has 3 aliphatic heterocycles. The minimum Gasteiger partial charge on any atom is -0.366 e. The van der Waals surface area contributed by atoms with Crippen LogP contribution in [-0.4, -0.2) is 70.8 Å². The molecule has 156 valence electrons. The van der Waals surface area contributed by atoms with E-state index in [4.69, 9.17) is 11.5 Å². The number of likely N-dealkylation sites (tertiary alicyclic amines) is 2. The molecule has 3 saturated heterocycles. The van der Waals surface area contributed by atoms with E-state index in [1.54, 1.807) is 34.1 Å². The molecule has 0 spiro atoms. The lowest BCUT2D eigenvalue weighted by molar-refractivity contribution is -0.135. The molecule has 1 saturated carbocycles. The molecule has 9 heteroatoms. The molecule has 4 aliphatic rings. The molecule has 1 unspecified atom stereocenters. The SMILES string of the molecule is N#C[C@@H]1C[C@@H]2C[C@@H]2N1C(=O)[C@@H](N)CN1CC2C[C@H]1C(=O)N2c1ccc(C(N)=O)cc1. The molecule has 3 heterocycles. The fraction of sp³-hybridized carbons (Fsp3) is 0.524. The number of hydrogen-bond acceptors (Lipinski definition) is 6. The highest BCUT2D eigenvalue weighted by Crippen LogP contribution is 2.47. The van der Waals surface area contributed by atoms with E-state index in [0.29, 0.717) is 31.0 Å². The van der Waals surface area contributed by atoms with Crippen LogP contribution >= 0.6 is 0 Å². The van der Waals surface area contributed by atoms with Crippen molar-refractivity contribution in [2.24, 2.45) is 17.4 Å². The van der Waals surface area contributed by atoms with Crippen LogP contribution in [0.25, 0.3) is 0 Å². The van der Waals surface area contributed by atoms with Crippen molar-refractivity contribution in [3.8, 4) is 6.07 Å². The first-order valence-electron chi connectivity index (χ1n) is 10.3. The molecule has 30 heavy (non-hydrogen) atoms. The zero-order valence-electron chi connectivity index (χ0n) is 16.5. The van der Waals surface area contributed by atoms with Crippen LogP contribution < -0.4 is 16.4 Å². The minimum atomic E-state index is -0.740. The van der Waals surface area contributed by atoms with Crippen LogP contribution in [0.4, 0.5) is 5.69 Å². The Hall–Kier alpha value is -2.96. The Morgan fingerprint density at radius 1 is 1.20 bits per heavy atom. The quantitative estimate of drug-likeness (QED) is 0.668. The number of amides is 3. The number of hydrogen-bond donors (Lipinski definition) is 2. The van der Waals surface area contributed by atoms with Gasteiger partial charge in [0.25, 0.3) is 0 Å².